The highest BCUT2D eigenvalue weighted by Crippen LogP contribution is 2.47. The first-order valence-electron chi connectivity index (χ1n) is 18.7. The number of carbonyl (C=O) groups excluding carboxylic acids is 5. The van der Waals surface area contributed by atoms with Crippen molar-refractivity contribution in [2.24, 2.45) is 0 Å². The topological polar surface area (TPSA) is 196 Å². The van der Waals surface area contributed by atoms with Crippen molar-refractivity contribution in [3.63, 3.8) is 0 Å². The Bertz CT molecular complexity index is 2640. The molecule has 6 aromatic rings. The van der Waals surface area contributed by atoms with Gasteiger partial charge < -0.3 is 33.7 Å². The van der Waals surface area contributed by atoms with Gasteiger partial charge in [0.1, 0.15) is 31.4 Å². The van der Waals surface area contributed by atoms with E-state index in [1.165, 1.54) is 47.3 Å². The molecular formula is C42H39N5O11. The lowest BCUT2D eigenvalue weighted by molar-refractivity contribution is -0.187. The lowest BCUT2D eigenvalue weighted by atomic mass is 9.78. The molecule has 2 aliphatic rings. The fraction of sp³-hybridized carbons (Fsp3) is 0.333. The summed E-state index contributed by atoms with van der Waals surface area (Å²) in [6, 6.07) is 19.1. The van der Waals surface area contributed by atoms with Crippen molar-refractivity contribution >= 4 is 79.1 Å². The number of hydrogen-bond acceptors (Lipinski definition) is 15. The molecule has 58 heavy (non-hydrogen) atoms. The second-order valence-corrected chi connectivity index (χ2v) is 14.3. The van der Waals surface area contributed by atoms with E-state index in [0.29, 0.717) is 22.3 Å². The SMILES string of the molecule is CC(=O)OC[C@@H]1O[C@H](n2cnc3c(N[C@@H]4c5c(ccc6cc7ccc8ccccc8c7cc56)[C@H](OC(C)=O)[C@@H](OC(C)=O)[C@@H]4OC(C)=O)ncnc32)C[C@H]1OC(C)=O. The van der Waals surface area contributed by atoms with Crippen molar-refractivity contribution < 1.29 is 52.4 Å². The smallest absolute Gasteiger partial charge is 0.303 e. The molecule has 298 valence electrons. The third kappa shape index (κ3) is 7.22. The third-order valence-electron chi connectivity index (χ3n) is 10.3. The Morgan fingerprint density at radius 3 is 2.16 bits per heavy atom. The molecule has 0 amide bonds. The maximum absolute atomic E-state index is 12.9. The summed E-state index contributed by atoms with van der Waals surface area (Å²) in [5, 5.41) is 9.11. The van der Waals surface area contributed by atoms with Crippen molar-refractivity contribution in [3.8, 4) is 0 Å². The number of nitrogens with zero attached hydrogens (tertiary/aromatic N) is 4. The van der Waals surface area contributed by atoms with Gasteiger partial charge in [0.25, 0.3) is 0 Å². The average Bonchev–Trinajstić information content (AvgIpc) is 3.79. The van der Waals surface area contributed by atoms with Crippen LogP contribution >= 0.6 is 0 Å². The first-order valence-corrected chi connectivity index (χ1v) is 18.7. The van der Waals surface area contributed by atoms with Gasteiger partial charge in [0, 0.05) is 46.6 Å². The molecule has 0 radical (unpaired) electrons. The van der Waals surface area contributed by atoms with Crippen LogP contribution in [0.15, 0.2) is 73.3 Å². The number of anilines is 1. The van der Waals surface area contributed by atoms with E-state index in [9.17, 15) is 24.0 Å². The maximum Gasteiger partial charge on any atom is 0.303 e. The van der Waals surface area contributed by atoms with Crippen LogP contribution in [-0.4, -0.2) is 80.4 Å². The fourth-order valence-corrected chi connectivity index (χ4v) is 8.15. The van der Waals surface area contributed by atoms with Crippen LogP contribution in [0.3, 0.4) is 0 Å². The summed E-state index contributed by atoms with van der Waals surface area (Å²) in [5.74, 6) is -2.77. The predicted molar refractivity (Wildman–Crippen MR) is 207 cm³/mol. The fourth-order valence-electron chi connectivity index (χ4n) is 8.15. The van der Waals surface area contributed by atoms with Gasteiger partial charge >= 0.3 is 29.8 Å². The van der Waals surface area contributed by atoms with Crippen molar-refractivity contribution in [1.82, 2.24) is 19.5 Å². The highest BCUT2D eigenvalue weighted by Gasteiger charge is 2.50. The van der Waals surface area contributed by atoms with Crippen LogP contribution in [0.5, 0.6) is 0 Å². The van der Waals surface area contributed by atoms with Crippen molar-refractivity contribution in [1.29, 1.82) is 0 Å². The van der Waals surface area contributed by atoms with E-state index in [2.05, 4.69) is 44.5 Å². The molecule has 16 nitrogen and oxygen atoms in total. The van der Waals surface area contributed by atoms with Gasteiger partial charge in [0.05, 0.1) is 12.4 Å². The first-order chi connectivity index (χ1) is 27.9. The van der Waals surface area contributed by atoms with E-state index in [4.69, 9.17) is 28.4 Å². The number of esters is 5. The summed E-state index contributed by atoms with van der Waals surface area (Å²) in [5.41, 5.74) is 1.81. The average molecular weight is 790 g/mol. The van der Waals surface area contributed by atoms with Gasteiger partial charge in [-0.25, -0.2) is 15.0 Å². The highest BCUT2D eigenvalue weighted by atomic mass is 16.6. The molecule has 0 bridgehead atoms. The van der Waals surface area contributed by atoms with Crippen LogP contribution < -0.4 is 5.32 Å². The largest absolute Gasteiger partial charge is 0.463 e. The second-order valence-electron chi connectivity index (χ2n) is 14.3. The van der Waals surface area contributed by atoms with E-state index < -0.39 is 72.6 Å². The summed E-state index contributed by atoms with van der Waals surface area (Å²) in [6.45, 7) is 6.15. The molecule has 8 rings (SSSR count). The van der Waals surface area contributed by atoms with Crippen LogP contribution in [0.1, 0.15) is 70.5 Å². The molecule has 1 saturated heterocycles. The maximum atomic E-state index is 12.9. The molecule has 0 unspecified atom stereocenters. The van der Waals surface area contributed by atoms with E-state index in [0.717, 1.165) is 32.3 Å². The molecular weight excluding hydrogens is 750 g/mol. The zero-order valence-corrected chi connectivity index (χ0v) is 32.2. The number of ether oxygens (including phenoxy) is 6. The van der Waals surface area contributed by atoms with Crippen molar-refractivity contribution in [2.45, 2.75) is 83.8 Å². The monoisotopic (exact) mass is 789 g/mol. The summed E-state index contributed by atoms with van der Waals surface area (Å²) in [7, 11) is 0. The molecule has 1 fully saturated rings. The molecule has 0 saturated carbocycles. The van der Waals surface area contributed by atoms with Gasteiger partial charge in [-0.05, 0) is 50.0 Å². The van der Waals surface area contributed by atoms with E-state index in [1.807, 2.05) is 36.4 Å². The summed E-state index contributed by atoms with van der Waals surface area (Å²) in [6.07, 6.45) is -2.80. The first kappa shape index (κ1) is 38.2. The molecule has 1 N–H and O–H groups in total. The minimum atomic E-state index is -1.27. The molecule has 3 heterocycles. The summed E-state index contributed by atoms with van der Waals surface area (Å²) < 4.78 is 36.4. The molecule has 1 aliphatic carbocycles. The van der Waals surface area contributed by atoms with Gasteiger partial charge in [0.2, 0.25) is 0 Å². The number of carbonyl (C=O) groups is 5. The molecule has 1 aliphatic heterocycles. The number of nitrogens with one attached hydrogen (secondary N) is 1. The molecule has 2 aromatic heterocycles. The van der Waals surface area contributed by atoms with Gasteiger partial charge in [0.15, 0.2) is 35.3 Å². The van der Waals surface area contributed by atoms with Crippen molar-refractivity contribution in [2.75, 3.05) is 11.9 Å². The van der Waals surface area contributed by atoms with E-state index in [-0.39, 0.29) is 18.8 Å². The van der Waals surface area contributed by atoms with Crippen LogP contribution in [0.2, 0.25) is 0 Å². The normalized spacial score (nSPS) is 22.7. The lowest BCUT2D eigenvalue weighted by Gasteiger charge is -2.42. The second kappa shape index (κ2) is 15.3. The number of benzene rings is 4. The standard InChI is InChI=1S/C42H39N5O11/c1-20(48)53-17-33-32(54-21(2)49)16-34(58-33)47-19-45-37-41(43-18-44-42(37)47)46-36-35-29(38(55-22(3)50)40(57-24(5)52)39(36)56-23(4)51)13-12-27-14-26-11-10-25-8-6-7-9-28(25)30(26)15-31(27)35/h6-15,18-19,32-34,36,38-40H,16-17H2,1-5H3,(H,43,44,46)/t32-,33+,34+,36-,38+,39-,40-/m1/s1. The zero-order valence-electron chi connectivity index (χ0n) is 32.2. The molecule has 16 heteroatoms. The summed E-state index contributed by atoms with van der Waals surface area (Å²) >= 11 is 0. The predicted octanol–water partition coefficient (Wildman–Crippen LogP) is 5.70. The summed E-state index contributed by atoms with van der Waals surface area (Å²) in [4.78, 5) is 75.6. The van der Waals surface area contributed by atoms with Crippen LogP contribution in [0, 0.1) is 0 Å². The number of imidazole rings is 1. The Balaban J connectivity index is 1.29. The number of aromatic nitrogens is 4. The minimum Gasteiger partial charge on any atom is -0.463 e. The van der Waals surface area contributed by atoms with Crippen LogP contribution in [-0.2, 0) is 52.4 Å². The molecule has 4 aromatic carbocycles. The van der Waals surface area contributed by atoms with Gasteiger partial charge in [-0.2, -0.15) is 0 Å². The van der Waals surface area contributed by atoms with Gasteiger partial charge in [-0.1, -0.05) is 48.5 Å². The Labute approximate surface area is 330 Å². The Hall–Kier alpha value is -6.68. The molecule has 7 atom stereocenters. The Morgan fingerprint density at radius 2 is 1.41 bits per heavy atom. The van der Waals surface area contributed by atoms with E-state index in [1.54, 1.807) is 4.57 Å². The van der Waals surface area contributed by atoms with Crippen molar-refractivity contribution in [3.05, 3.63) is 84.4 Å². The van der Waals surface area contributed by atoms with Gasteiger partial charge in [-0.3, -0.25) is 28.5 Å². The number of rotatable bonds is 9. The zero-order chi connectivity index (χ0) is 40.8. The Morgan fingerprint density at radius 1 is 0.724 bits per heavy atom. The molecule has 0 spiro atoms. The lowest BCUT2D eigenvalue weighted by Crippen LogP contribution is -2.49. The number of fused-ring (bicyclic) bond motifs is 7. The highest BCUT2D eigenvalue weighted by molar-refractivity contribution is 6.12. The van der Waals surface area contributed by atoms with Crippen LogP contribution in [0.25, 0.3) is 43.5 Å². The Kier molecular flexibility index (Phi) is 10.1. The van der Waals surface area contributed by atoms with E-state index >= 15 is 0 Å². The number of hydrogen-bond donors (Lipinski definition) is 1. The third-order valence-corrected chi connectivity index (χ3v) is 10.3. The van der Waals surface area contributed by atoms with Crippen LogP contribution in [0.4, 0.5) is 5.82 Å². The van der Waals surface area contributed by atoms with Gasteiger partial charge in [-0.15, -0.1) is 0 Å². The quantitative estimate of drug-likeness (QED) is 0.0810. The minimum absolute atomic E-state index is 0.131.